The Kier molecular flexibility index (Phi) is 6.90. The molecule has 0 fully saturated rings. The molecule has 0 bridgehead atoms. The van der Waals surface area contributed by atoms with Gasteiger partial charge in [-0.1, -0.05) is 48.4 Å². The van der Waals surface area contributed by atoms with Crippen LogP contribution in [0, 0.1) is 17.0 Å². The van der Waals surface area contributed by atoms with Crippen LogP contribution in [-0.2, 0) is 9.53 Å². The van der Waals surface area contributed by atoms with Crippen LogP contribution in [0.5, 0.6) is 0 Å². The van der Waals surface area contributed by atoms with Gasteiger partial charge in [0.1, 0.15) is 5.56 Å². The average Bonchev–Trinajstić information content (AvgIpc) is 2.64. The predicted molar refractivity (Wildman–Crippen MR) is 101 cm³/mol. The van der Waals surface area contributed by atoms with Gasteiger partial charge in [-0.15, -0.1) is 0 Å². The van der Waals surface area contributed by atoms with Crippen LogP contribution >= 0.6 is 11.6 Å². The quantitative estimate of drug-likeness (QED) is 0.438. The monoisotopic (exact) mass is 390 g/mol. The summed E-state index contributed by atoms with van der Waals surface area (Å²) in [5, 5.41) is 14.0. The Labute approximate surface area is 161 Å². The van der Waals surface area contributed by atoms with Crippen LogP contribution in [0.3, 0.4) is 0 Å². The highest BCUT2D eigenvalue weighted by atomic mass is 35.5. The number of esters is 1. The van der Waals surface area contributed by atoms with E-state index >= 15 is 0 Å². The number of nitro groups is 1. The molecule has 0 heterocycles. The number of carbonyl (C=O) groups is 2. The molecule has 27 heavy (non-hydrogen) atoms. The van der Waals surface area contributed by atoms with E-state index < -0.39 is 29.1 Å². The highest BCUT2D eigenvalue weighted by Crippen LogP contribution is 2.24. The maximum atomic E-state index is 12.1. The minimum absolute atomic E-state index is 0.125. The number of halogens is 1. The average molecular weight is 391 g/mol. The van der Waals surface area contributed by atoms with Gasteiger partial charge in [0.2, 0.25) is 0 Å². The second-order valence-corrected chi connectivity index (χ2v) is 6.37. The fourth-order valence-electron chi connectivity index (χ4n) is 2.49. The van der Waals surface area contributed by atoms with Crippen molar-refractivity contribution in [3.63, 3.8) is 0 Å². The second-order valence-electron chi connectivity index (χ2n) is 5.93. The second kappa shape index (κ2) is 9.14. The molecule has 0 saturated heterocycles. The van der Waals surface area contributed by atoms with Crippen molar-refractivity contribution in [3.05, 3.63) is 74.3 Å². The molecule has 0 aromatic heterocycles. The summed E-state index contributed by atoms with van der Waals surface area (Å²) >= 11 is 5.71. The minimum atomic E-state index is -0.961. The molecule has 0 saturated carbocycles. The molecule has 0 aliphatic heterocycles. The first kappa shape index (κ1) is 20.4. The summed E-state index contributed by atoms with van der Waals surface area (Å²) in [5.41, 5.74) is 1.32. The van der Waals surface area contributed by atoms with Crippen LogP contribution in [0.25, 0.3) is 0 Å². The SMILES string of the molecule is CC[C@@H](NC(=O)COC(=O)c1ccc(Cl)cc1[N+](=O)[O-])c1ccc(C)cc1. The van der Waals surface area contributed by atoms with Crippen molar-refractivity contribution in [2.45, 2.75) is 26.3 Å². The summed E-state index contributed by atoms with van der Waals surface area (Å²) in [6.07, 6.45) is 0.658. The summed E-state index contributed by atoms with van der Waals surface area (Å²) in [6, 6.07) is 11.1. The number of carbonyl (C=O) groups excluding carboxylic acids is 2. The molecule has 0 radical (unpaired) electrons. The smallest absolute Gasteiger partial charge is 0.345 e. The molecule has 8 heteroatoms. The third-order valence-corrected chi connectivity index (χ3v) is 4.17. The molecule has 7 nitrogen and oxygen atoms in total. The molecular weight excluding hydrogens is 372 g/mol. The number of nitrogens with zero attached hydrogens (tertiary/aromatic N) is 1. The van der Waals surface area contributed by atoms with E-state index in [1.807, 2.05) is 38.1 Å². The van der Waals surface area contributed by atoms with Crippen molar-refractivity contribution in [1.82, 2.24) is 5.32 Å². The fraction of sp³-hybridized carbons (Fsp3) is 0.263. The lowest BCUT2D eigenvalue weighted by atomic mass is 10.0. The van der Waals surface area contributed by atoms with Gasteiger partial charge in [-0.3, -0.25) is 14.9 Å². The third kappa shape index (κ3) is 5.52. The van der Waals surface area contributed by atoms with Crippen molar-refractivity contribution in [2.75, 3.05) is 6.61 Å². The van der Waals surface area contributed by atoms with E-state index in [9.17, 15) is 19.7 Å². The summed E-state index contributed by atoms with van der Waals surface area (Å²) in [5.74, 6) is -1.45. The number of benzene rings is 2. The van der Waals surface area contributed by atoms with Crippen LogP contribution in [0.15, 0.2) is 42.5 Å². The molecule has 1 N–H and O–H groups in total. The maximum Gasteiger partial charge on any atom is 0.345 e. The van der Waals surface area contributed by atoms with Gasteiger partial charge in [-0.25, -0.2) is 4.79 Å². The Morgan fingerprint density at radius 2 is 1.89 bits per heavy atom. The van der Waals surface area contributed by atoms with Gasteiger partial charge in [-0.05, 0) is 31.0 Å². The zero-order chi connectivity index (χ0) is 20.0. The van der Waals surface area contributed by atoms with E-state index in [1.54, 1.807) is 0 Å². The van der Waals surface area contributed by atoms with E-state index in [1.165, 1.54) is 12.1 Å². The Morgan fingerprint density at radius 1 is 1.22 bits per heavy atom. The minimum Gasteiger partial charge on any atom is -0.452 e. The van der Waals surface area contributed by atoms with Gasteiger partial charge in [-0.2, -0.15) is 0 Å². The highest BCUT2D eigenvalue weighted by molar-refractivity contribution is 6.31. The highest BCUT2D eigenvalue weighted by Gasteiger charge is 2.23. The van der Waals surface area contributed by atoms with Crippen LogP contribution in [0.1, 0.15) is 40.9 Å². The molecule has 0 spiro atoms. The Bertz CT molecular complexity index is 852. The number of aryl methyl sites for hydroxylation is 1. The molecule has 142 valence electrons. The Balaban J connectivity index is 1.99. The molecule has 1 atom stereocenters. The van der Waals surface area contributed by atoms with Crippen LogP contribution in [0.4, 0.5) is 5.69 Å². The largest absolute Gasteiger partial charge is 0.452 e. The first-order valence-corrected chi connectivity index (χ1v) is 8.66. The molecule has 0 aliphatic rings. The molecular formula is C19H19ClN2O5. The summed E-state index contributed by atoms with van der Waals surface area (Å²) in [6.45, 7) is 3.35. The number of ether oxygens (including phenoxy) is 1. The number of amides is 1. The molecule has 2 rings (SSSR count). The van der Waals surface area contributed by atoms with Crippen LogP contribution in [0.2, 0.25) is 5.02 Å². The van der Waals surface area contributed by atoms with Crippen LogP contribution < -0.4 is 5.32 Å². The molecule has 1 amide bonds. The van der Waals surface area contributed by atoms with E-state index in [4.69, 9.17) is 16.3 Å². The van der Waals surface area contributed by atoms with Gasteiger partial charge >= 0.3 is 5.97 Å². The first-order chi connectivity index (χ1) is 12.8. The Morgan fingerprint density at radius 3 is 2.48 bits per heavy atom. The van der Waals surface area contributed by atoms with E-state index in [2.05, 4.69) is 5.32 Å². The third-order valence-electron chi connectivity index (χ3n) is 3.93. The predicted octanol–water partition coefficient (Wildman–Crippen LogP) is 3.98. The molecule has 0 aliphatic carbocycles. The van der Waals surface area contributed by atoms with Gasteiger partial charge in [0.15, 0.2) is 6.61 Å². The number of hydrogen-bond donors (Lipinski definition) is 1. The number of nitro benzene ring substituents is 1. The fourth-order valence-corrected chi connectivity index (χ4v) is 2.66. The summed E-state index contributed by atoms with van der Waals surface area (Å²) in [7, 11) is 0. The van der Waals surface area contributed by atoms with E-state index in [0.29, 0.717) is 6.42 Å². The van der Waals surface area contributed by atoms with Gasteiger partial charge in [0, 0.05) is 11.1 Å². The number of hydrogen-bond acceptors (Lipinski definition) is 5. The van der Waals surface area contributed by atoms with Crippen molar-refractivity contribution < 1.29 is 19.2 Å². The zero-order valence-corrected chi connectivity index (χ0v) is 15.7. The lowest BCUT2D eigenvalue weighted by Crippen LogP contribution is -2.32. The number of rotatable bonds is 7. The lowest BCUT2D eigenvalue weighted by molar-refractivity contribution is -0.385. The molecule has 2 aromatic carbocycles. The summed E-state index contributed by atoms with van der Waals surface area (Å²) in [4.78, 5) is 34.5. The molecule has 0 unspecified atom stereocenters. The Hall–Kier alpha value is -2.93. The van der Waals surface area contributed by atoms with E-state index in [0.717, 1.165) is 17.2 Å². The van der Waals surface area contributed by atoms with Gasteiger partial charge < -0.3 is 10.1 Å². The molecule has 2 aromatic rings. The standard InChI is InChI=1S/C19H19ClN2O5/c1-3-16(13-6-4-12(2)5-7-13)21-18(23)11-27-19(24)15-9-8-14(20)10-17(15)22(25)26/h4-10,16H,3,11H2,1-2H3,(H,21,23)/t16-/m1/s1. The maximum absolute atomic E-state index is 12.1. The lowest BCUT2D eigenvalue weighted by Gasteiger charge is -2.17. The zero-order valence-electron chi connectivity index (χ0n) is 14.9. The normalized spacial score (nSPS) is 11.5. The van der Waals surface area contributed by atoms with Crippen molar-refractivity contribution in [2.24, 2.45) is 0 Å². The topological polar surface area (TPSA) is 98.5 Å². The van der Waals surface area contributed by atoms with Gasteiger partial charge in [0.25, 0.3) is 11.6 Å². The first-order valence-electron chi connectivity index (χ1n) is 8.28. The van der Waals surface area contributed by atoms with E-state index in [-0.39, 0.29) is 16.6 Å². The number of nitrogens with one attached hydrogen (secondary N) is 1. The summed E-state index contributed by atoms with van der Waals surface area (Å²) < 4.78 is 4.92. The van der Waals surface area contributed by atoms with Crippen molar-refractivity contribution >= 4 is 29.2 Å². The van der Waals surface area contributed by atoms with Gasteiger partial charge in [0.05, 0.1) is 11.0 Å². The van der Waals surface area contributed by atoms with Crippen molar-refractivity contribution in [1.29, 1.82) is 0 Å². The van der Waals surface area contributed by atoms with Crippen LogP contribution in [-0.4, -0.2) is 23.4 Å². The van der Waals surface area contributed by atoms with Crippen molar-refractivity contribution in [3.8, 4) is 0 Å².